The summed E-state index contributed by atoms with van der Waals surface area (Å²) in [4.78, 5) is 54.7. The number of aliphatic hydroxyl groups is 1. The number of hydrogen-bond acceptors (Lipinski definition) is 8. The number of pyridine rings is 2. The molecule has 11 nitrogen and oxygen atoms in total. The van der Waals surface area contributed by atoms with Crippen LogP contribution in [-0.4, -0.2) is 39.2 Å². The molecule has 2 aromatic heterocycles. The lowest BCUT2D eigenvalue weighted by atomic mass is 9.81. The number of rotatable bonds is 6. The highest BCUT2D eigenvalue weighted by Crippen LogP contribution is 2.45. The van der Waals surface area contributed by atoms with Gasteiger partial charge in [0.2, 0.25) is 5.91 Å². The highest BCUT2D eigenvalue weighted by molar-refractivity contribution is 5.94. The first-order valence-electron chi connectivity index (χ1n) is 13.6. The van der Waals surface area contributed by atoms with Crippen LogP contribution in [0.4, 0.5) is 9.18 Å². The number of amides is 2. The molecule has 3 aliphatic rings. The molecule has 3 aromatic rings. The molecular formula is C29H29FN4O7. The molecular weight excluding hydrogens is 535 g/mol. The number of primary amides is 1. The van der Waals surface area contributed by atoms with E-state index in [9.17, 15) is 24.3 Å². The monoisotopic (exact) mass is 564 g/mol. The van der Waals surface area contributed by atoms with Crippen molar-refractivity contribution in [1.82, 2.24) is 14.9 Å². The average molecular weight is 565 g/mol. The van der Waals surface area contributed by atoms with Crippen molar-refractivity contribution < 1.29 is 33.4 Å². The van der Waals surface area contributed by atoms with Gasteiger partial charge < -0.3 is 30.2 Å². The van der Waals surface area contributed by atoms with Crippen LogP contribution in [0, 0.1) is 12.7 Å². The fourth-order valence-electron chi connectivity index (χ4n) is 6.37. The maximum Gasteiger partial charge on any atom is 0.404 e. The van der Waals surface area contributed by atoms with Gasteiger partial charge in [-0.15, -0.1) is 0 Å². The number of nitrogens with two attached hydrogens (primary N) is 1. The van der Waals surface area contributed by atoms with Crippen molar-refractivity contribution in [2.24, 2.45) is 5.73 Å². The number of nitrogens with zero attached hydrogens (tertiary/aromatic N) is 2. The second-order valence-electron chi connectivity index (χ2n) is 10.7. The van der Waals surface area contributed by atoms with Gasteiger partial charge in [-0.3, -0.25) is 9.59 Å². The van der Waals surface area contributed by atoms with Gasteiger partial charge in [-0.25, -0.2) is 19.0 Å². The first-order chi connectivity index (χ1) is 19.5. The molecule has 1 aliphatic carbocycles. The minimum Gasteiger partial charge on any atom is -0.458 e. The second-order valence-corrected chi connectivity index (χ2v) is 10.7. The Bertz CT molecular complexity index is 1730. The molecule has 0 saturated carbocycles. The minimum atomic E-state index is -1.97. The van der Waals surface area contributed by atoms with E-state index in [4.69, 9.17) is 20.2 Å². The Kier molecular flexibility index (Phi) is 6.33. The predicted octanol–water partition coefficient (Wildman–Crippen LogP) is 2.51. The van der Waals surface area contributed by atoms with Crippen molar-refractivity contribution in [2.75, 3.05) is 6.61 Å². The van der Waals surface area contributed by atoms with Gasteiger partial charge in [0.1, 0.15) is 12.4 Å². The Morgan fingerprint density at radius 2 is 2.07 bits per heavy atom. The third-order valence-electron chi connectivity index (χ3n) is 8.51. The van der Waals surface area contributed by atoms with E-state index < -0.39 is 35.1 Å². The van der Waals surface area contributed by atoms with E-state index in [1.807, 2.05) is 0 Å². The predicted molar refractivity (Wildman–Crippen MR) is 143 cm³/mol. The smallest absolute Gasteiger partial charge is 0.404 e. The van der Waals surface area contributed by atoms with Gasteiger partial charge in [0.15, 0.2) is 5.60 Å². The molecule has 12 heteroatoms. The zero-order chi connectivity index (χ0) is 29.2. The van der Waals surface area contributed by atoms with E-state index in [2.05, 4.69) is 5.32 Å². The van der Waals surface area contributed by atoms with Crippen molar-refractivity contribution in [2.45, 2.75) is 70.7 Å². The van der Waals surface area contributed by atoms with Crippen molar-refractivity contribution in [3.05, 3.63) is 61.7 Å². The van der Waals surface area contributed by atoms with Crippen molar-refractivity contribution in [3.8, 4) is 11.4 Å². The Morgan fingerprint density at radius 3 is 2.80 bits per heavy atom. The summed E-state index contributed by atoms with van der Waals surface area (Å²) in [7, 11) is 0. The number of esters is 1. The number of ether oxygens (including phenoxy) is 2. The number of aromatic nitrogens is 2. The zero-order valence-corrected chi connectivity index (χ0v) is 22.6. The van der Waals surface area contributed by atoms with E-state index in [1.165, 1.54) is 10.6 Å². The Balaban J connectivity index is 1.49. The van der Waals surface area contributed by atoms with E-state index >= 15 is 4.39 Å². The van der Waals surface area contributed by atoms with Gasteiger partial charge in [0.05, 0.1) is 41.7 Å². The maximum absolute atomic E-state index is 15.0. The van der Waals surface area contributed by atoms with Gasteiger partial charge in [0, 0.05) is 29.0 Å². The van der Waals surface area contributed by atoms with Gasteiger partial charge in [-0.1, -0.05) is 6.92 Å². The quantitative estimate of drug-likeness (QED) is 0.238. The fourth-order valence-corrected chi connectivity index (χ4v) is 6.37. The first kappa shape index (κ1) is 26.9. The van der Waals surface area contributed by atoms with E-state index in [1.54, 1.807) is 19.9 Å². The van der Waals surface area contributed by atoms with Gasteiger partial charge in [-0.05, 0) is 55.4 Å². The summed E-state index contributed by atoms with van der Waals surface area (Å²) in [6.45, 7) is 3.27. The summed E-state index contributed by atoms with van der Waals surface area (Å²) < 4.78 is 26.4. The van der Waals surface area contributed by atoms with Crippen LogP contribution in [0.3, 0.4) is 0 Å². The second kappa shape index (κ2) is 9.65. The van der Waals surface area contributed by atoms with E-state index in [-0.39, 0.29) is 49.6 Å². The van der Waals surface area contributed by atoms with Gasteiger partial charge in [0.25, 0.3) is 5.56 Å². The largest absolute Gasteiger partial charge is 0.458 e. The summed E-state index contributed by atoms with van der Waals surface area (Å²) in [5.41, 5.74) is 7.07. The molecule has 214 valence electrons. The molecule has 2 amide bonds. The molecule has 2 aliphatic heterocycles. The maximum atomic E-state index is 15.0. The summed E-state index contributed by atoms with van der Waals surface area (Å²) in [5.74, 6) is -1.47. The summed E-state index contributed by atoms with van der Waals surface area (Å²) in [5, 5.41) is 15.0. The topological polar surface area (TPSA) is 163 Å². The van der Waals surface area contributed by atoms with Crippen LogP contribution in [0.25, 0.3) is 22.3 Å². The molecule has 0 spiro atoms. The Hall–Kier alpha value is -4.32. The number of carbonyl (C=O) groups excluding carboxylic acids is 3. The molecule has 6 rings (SSSR count). The molecule has 0 radical (unpaired) electrons. The lowest BCUT2D eigenvalue weighted by molar-refractivity contribution is -0.172. The third kappa shape index (κ3) is 4.07. The van der Waals surface area contributed by atoms with Crippen LogP contribution in [0.2, 0.25) is 0 Å². The number of cyclic esters (lactones) is 1. The fraction of sp³-hybridized carbons (Fsp3) is 0.414. The van der Waals surface area contributed by atoms with Crippen LogP contribution in [0.15, 0.2) is 16.9 Å². The molecule has 1 aromatic carbocycles. The minimum absolute atomic E-state index is 0.0113. The standard InChI is InChI=1S/C29H29FN4O7/c1-3-29(39)17-9-21-25-15(11-34(21)26(36)16(17)12-41-27(29)37)24-19(32-22(35)5-4-8-40-28(31)38)7-6-14-13(2)18(30)10-20(33-25)23(14)24/h9-10,19,39H,3-8,11-12H2,1-2H3,(H2,31,38)(H,32,35)/t19-,29-/m0/s1. The van der Waals surface area contributed by atoms with E-state index in [0.717, 1.165) is 22.1 Å². The molecule has 0 bridgehead atoms. The van der Waals surface area contributed by atoms with Crippen LogP contribution in [-0.2, 0) is 44.2 Å². The van der Waals surface area contributed by atoms with Crippen LogP contribution < -0.4 is 16.6 Å². The Morgan fingerprint density at radius 1 is 1.29 bits per heavy atom. The molecule has 4 heterocycles. The van der Waals surface area contributed by atoms with Crippen molar-refractivity contribution >= 4 is 28.9 Å². The highest BCUT2D eigenvalue weighted by atomic mass is 19.1. The Labute approximate surface area is 233 Å². The molecule has 0 saturated heterocycles. The van der Waals surface area contributed by atoms with Crippen LogP contribution in [0.5, 0.6) is 0 Å². The van der Waals surface area contributed by atoms with Crippen molar-refractivity contribution in [1.29, 1.82) is 0 Å². The summed E-state index contributed by atoms with van der Waals surface area (Å²) >= 11 is 0. The molecule has 0 fully saturated rings. The highest BCUT2D eigenvalue weighted by Gasteiger charge is 2.46. The number of hydrogen-bond donors (Lipinski definition) is 3. The number of fused-ring (bicyclic) bond motifs is 5. The van der Waals surface area contributed by atoms with Crippen LogP contribution in [0.1, 0.15) is 72.0 Å². The lowest BCUT2D eigenvalue weighted by Crippen LogP contribution is -2.44. The molecule has 2 atom stereocenters. The normalized spacial score (nSPS) is 20.2. The summed E-state index contributed by atoms with van der Waals surface area (Å²) in [6, 6.07) is 2.54. The third-order valence-corrected chi connectivity index (χ3v) is 8.51. The van der Waals surface area contributed by atoms with Crippen LogP contribution >= 0.6 is 0 Å². The summed E-state index contributed by atoms with van der Waals surface area (Å²) in [6.07, 6.45) is 0.527. The number of benzene rings is 1. The number of carbonyl (C=O) groups is 3. The first-order valence-corrected chi connectivity index (χ1v) is 13.6. The van der Waals surface area contributed by atoms with E-state index in [0.29, 0.717) is 41.7 Å². The molecule has 0 unspecified atom stereocenters. The van der Waals surface area contributed by atoms with Gasteiger partial charge in [-0.2, -0.15) is 0 Å². The molecule has 41 heavy (non-hydrogen) atoms. The molecule has 4 N–H and O–H groups in total. The average Bonchev–Trinajstić information content (AvgIpc) is 3.31. The van der Waals surface area contributed by atoms with Crippen molar-refractivity contribution in [3.63, 3.8) is 0 Å². The lowest BCUT2D eigenvalue weighted by Gasteiger charge is -2.31. The van der Waals surface area contributed by atoms with Gasteiger partial charge >= 0.3 is 12.1 Å². The zero-order valence-electron chi connectivity index (χ0n) is 22.6. The number of nitrogens with one attached hydrogen (secondary N) is 1. The number of aryl methyl sites for hydroxylation is 1. The number of halogens is 1. The SMILES string of the molecule is CC[C@@]1(O)C(=O)OCc2c1cc1n(c2=O)Cc2c-1nc1cc(F)c(C)c3c1c2[C@@H](NC(=O)CCCOC(N)=O)CC3.